The molecule has 2 heteroatoms. The van der Waals surface area contributed by atoms with E-state index in [1.807, 2.05) is 0 Å². The van der Waals surface area contributed by atoms with Gasteiger partial charge in [0.05, 0.1) is 0 Å². The second-order valence-corrected chi connectivity index (χ2v) is 19.9. The van der Waals surface area contributed by atoms with E-state index in [0.717, 1.165) is 0 Å². The van der Waals surface area contributed by atoms with Gasteiger partial charge < -0.3 is 0 Å². The van der Waals surface area contributed by atoms with Crippen molar-refractivity contribution in [1.29, 1.82) is 0 Å². The van der Waals surface area contributed by atoms with Gasteiger partial charge in [-0.1, -0.05) is 178 Å². The van der Waals surface area contributed by atoms with Gasteiger partial charge in [0, 0.05) is 0 Å². The van der Waals surface area contributed by atoms with Gasteiger partial charge in [0.1, 0.15) is 0 Å². The number of hydrogen-bond acceptors (Lipinski definition) is 0. The van der Waals surface area contributed by atoms with Crippen molar-refractivity contribution in [3.63, 3.8) is 0 Å². The lowest BCUT2D eigenvalue weighted by Crippen LogP contribution is -2.24. The molecule has 0 saturated carbocycles. The van der Waals surface area contributed by atoms with Crippen molar-refractivity contribution in [3.8, 4) is 11.1 Å². The largest absolute Gasteiger partial charge is 0.0616 e. The number of rotatable bonds is 7. The van der Waals surface area contributed by atoms with Crippen LogP contribution in [0.3, 0.4) is 0 Å². The summed E-state index contributed by atoms with van der Waals surface area (Å²) in [6.45, 7) is 17.9. The Labute approximate surface area is 324 Å². The zero-order chi connectivity index (χ0) is 37.7. The molecule has 0 aliphatic rings. The van der Waals surface area contributed by atoms with Gasteiger partial charge >= 0.3 is 0 Å². The molecular formula is C52H48P2. The molecule has 0 aliphatic carbocycles. The van der Waals surface area contributed by atoms with Crippen LogP contribution in [0.2, 0.25) is 0 Å². The molecule has 0 saturated heterocycles. The second kappa shape index (κ2) is 14.8. The minimum Gasteiger partial charge on any atom is -0.0616 e. The van der Waals surface area contributed by atoms with Crippen molar-refractivity contribution < 1.29 is 0 Å². The molecule has 0 aromatic heterocycles. The van der Waals surface area contributed by atoms with Gasteiger partial charge in [0.15, 0.2) is 0 Å². The Hall–Kier alpha value is -4.86. The number of benzene rings is 8. The van der Waals surface area contributed by atoms with Crippen LogP contribution in [0.25, 0.3) is 32.7 Å². The molecule has 0 amide bonds. The summed E-state index contributed by atoms with van der Waals surface area (Å²) >= 11 is 0. The first-order chi connectivity index (χ1) is 26.0. The molecule has 0 nitrogen and oxygen atoms in total. The molecular weight excluding hydrogens is 687 g/mol. The van der Waals surface area contributed by atoms with Crippen LogP contribution in [0, 0.1) is 55.4 Å². The van der Waals surface area contributed by atoms with E-state index in [4.69, 9.17) is 0 Å². The Morgan fingerprint density at radius 3 is 1.13 bits per heavy atom. The highest BCUT2D eigenvalue weighted by atomic mass is 31.1. The second-order valence-electron chi connectivity index (χ2n) is 15.4. The van der Waals surface area contributed by atoms with Gasteiger partial charge in [-0.25, -0.2) is 0 Å². The molecule has 0 aliphatic heterocycles. The molecule has 8 aromatic carbocycles. The minimum atomic E-state index is -0.908. The van der Waals surface area contributed by atoms with Gasteiger partial charge in [-0.3, -0.25) is 0 Å². The Kier molecular flexibility index (Phi) is 9.87. The highest BCUT2D eigenvalue weighted by Crippen LogP contribution is 2.44. The zero-order valence-corrected chi connectivity index (χ0v) is 34.5. The molecule has 8 rings (SSSR count). The lowest BCUT2D eigenvalue weighted by Gasteiger charge is -2.27. The van der Waals surface area contributed by atoms with Crippen LogP contribution in [0.4, 0.5) is 0 Å². The molecule has 0 heterocycles. The third kappa shape index (κ3) is 7.19. The van der Waals surface area contributed by atoms with Crippen LogP contribution in [0.1, 0.15) is 44.5 Å². The van der Waals surface area contributed by atoms with Crippen LogP contribution in [-0.4, -0.2) is 0 Å². The van der Waals surface area contributed by atoms with Gasteiger partial charge in [0.2, 0.25) is 0 Å². The summed E-state index contributed by atoms with van der Waals surface area (Å²) in [6.07, 6.45) is 0. The van der Waals surface area contributed by atoms with E-state index in [9.17, 15) is 0 Å². The lowest BCUT2D eigenvalue weighted by atomic mass is 9.94. The normalized spacial score (nSPS) is 11.7. The topological polar surface area (TPSA) is 0 Å². The van der Waals surface area contributed by atoms with Gasteiger partial charge in [-0.2, -0.15) is 0 Å². The van der Waals surface area contributed by atoms with E-state index in [1.54, 1.807) is 0 Å². The molecule has 0 radical (unpaired) electrons. The Balaban J connectivity index is 1.50. The fourth-order valence-electron chi connectivity index (χ4n) is 8.55. The number of aryl methyl sites for hydroxylation is 8. The Bertz CT molecular complexity index is 2530. The monoisotopic (exact) mass is 734 g/mol. The fraction of sp³-hybridized carbons (Fsp3) is 0.154. The maximum atomic E-state index is 2.57. The summed E-state index contributed by atoms with van der Waals surface area (Å²) in [5.41, 5.74) is 13.2. The zero-order valence-electron chi connectivity index (χ0n) is 32.8. The highest BCUT2D eigenvalue weighted by Gasteiger charge is 2.26. The van der Waals surface area contributed by atoms with Crippen molar-refractivity contribution in [2.75, 3.05) is 0 Å². The van der Waals surface area contributed by atoms with Crippen molar-refractivity contribution in [3.05, 3.63) is 190 Å². The Morgan fingerprint density at radius 2 is 0.667 bits per heavy atom. The minimum absolute atomic E-state index is 0.858. The first-order valence-corrected chi connectivity index (χ1v) is 21.7. The third-order valence-corrected chi connectivity index (χ3v) is 15.1. The smallest absolute Gasteiger partial charge is 0.00153 e. The summed E-state index contributed by atoms with van der Waals surface area (Å²) in [5, 5.41) is 13.6. The van der Waals surface area contributed by atoms with Gasteiger partial charge in [-0.15, -0.1) is 0 Å². The maximum absolute atomic E-state index is 2.57. The molecule has 0 atom stereocenters. The summed E-state index contributed by atoms with van der Waals surface area (Å²) in [4.78, 5) is 0. The summed E-state index contributed by atoms with van der Waals surface area (Å²) in [6, 6.07) is 56.6. The fourth-order valence-corrected chi connectivity index (χ4v) is 14.2. The average Bonchev–Trinajstić information content (AvgIpc) is 3.10. The van der Waals surface area contributed by atoms with Crippen LogP contribution in [0.5, 0.6) is 0 Å². The van der Waals surface area contributed by atoms with Crippen molar-refractivity contribution in [2.24, 2.45) is 0 Å². The predicted octanol–water partition coefficient (Wildman–Crippen LogP) is 11.6. The molecule has 54 heavy (non-hydrogen) atoms. The van der Waals surface area contributed by atoms with Crippen molar-refractivity contribution >= 4 is 69.2 Å². The van der Waals surface area contributed by atoms with Gasteiger partial charge in [0.25, 0.3) is 0 Å². The van der Waals surface area contributed by atoms with E-state index in [2.05, 4.69) is 201 Å². The van der Waals surface area contributed by atoms with Crippen molar-refractivity contribution in [2.45, 2.75) is 55.4 Å². The summed E-state index contributed by atoms with van der Waals surface area (Å²) < 4.78 is 0. The summed E-state index contributed by atoms with van der Waals surface area (Å²) in [7, 11) is -1.77. The van der Waals surface area contributed by atoms with Crippen LogP contribution in [-0.2, 0) is 0 Å². The standard InChI is InChI=1S/C52H48P2/c1-33-19-34(2)24-43(23-33)53(44-25-35(3)20-36(4)26-44)47-31-42-14-10-11-15-48(42)50(32-47)52-49-16-12-9-13-41(49)17-18-51(52)54(45-27-37(5)21-38(6)28-45)46-29-39(7)22-40(8)30-46/h9-32H,1-8H3. The quantitative estimate of drug-likeness (QED) is 0.143. The molecule has 0 bridgehead atoms. The highest BCUT2D eigenvalue weighted by molar-refractivity contribution is 7.80. The first kappa shape index (κ1) is 36.1. The first-order valence-electron chi connectivity index (χ1n) is 19.0. The van der Waals surface area contributed by atoms with E-state index in [1.165, 1.54) is 109 Å². The lowest BCUT2D eigenvalue weighted by molar-refractivity contribution is 1.40. The molecule has 8 aromatic rings. The van der Waals surface area contributed by atoms with Crippen molar-refractivity contribution in [1.82, 2.24) is 0 Å². The van der Waals surface area contributed by atoms with E-state index in [0.29, 0.717) is 0 Å². The predicted molar refractivity (Wildman–Crippen MR) is 242 cm³/mol. The molecule has 0 spiro atoms. The SMILES string of the molecule is Cc1cc(C)cc(P(c2cc(C)cc(C)c2)c2cc(-c3c(P(c4cc(C)cc(C)c4)c4cc(C)cc(C)c4)ccc4ccccc34)c3ccccc3c2)c1. The van der Waals surface area contributed by atoms with Crippen LogP contribution < -0.4 is 31.8 Å². The maximum Gasteiger partial charge on any atom is -0.00153 e. The van der Waals surface area contributed by atoms with E-state index < -0.39 is 15.8 Å². The molecule has 266 valence electrons. The molecule has 0 N–H and O–H groups in total. The molecule has 0 fully saturated rings. The van der Waals surface area contributed by atoms with Gasteiger partial charge in [-0.05, 0) is 148 Å². The van der Waals surface area contributed by atoms with Crippen LogP contribution in [0.15, 0.2) is 146 Å². The number of fused-ring (bicyclic) bond motifs is 2. The van der Waals surface area contributed by atoms with Crippen LogP contribution >= 0.6 is 15.8 Å². The average molecular weight is 735 g/mol. The van der Waals surface area contributed by atoms with E-state index >= 15 is 0 Å². The number of hydrogen-bond donors (Lipinski definition) is 0. The molecule has 0 unspecified atom stereocenters. The third-order valence-electron chi connectivity index (χ3n) is 10.4. The van der Waals surface area contributed by atoms with E-state index in [-0.39, 0.29) is 0 Å². The Morgan fingerprint density at radius 1 is 0.296 bits per heavy atom. The summed E-state index contributed by atoms with van der Waals surface area (Å²) in [5.74, 6) is 0.